The Labute approximate surface area is 146 Å². The quantitative estimate of drug-likeness (QED) is 0.779. The van der Waals surface area contributed by atoms with Gasteiger partial charge < -0.3 is 14.6 Å². The summed E-state index contributed by atoms with van der Waals surface area (Å²) in [6.07, 6.45) is 7.77. The summed E-state index contributed by atoms with van der Waals surface area (Å²) in [5.41, 5.74) is 2.24. The maximum absolute atomic E-state index is 5.24. The number of hydrogen-bond donors (Lipinski definition) is 1. The number of ether oxygens (including phenoxy) is 1. The molecule has 1 saturated heterocycles. The van der Waals surface area contributed by atoms with Crippen molar-refractivity contribution in [1.82, 2.24) is 34.8 Å². The van der Waals surface area contributed by atoms with Crippen molar-refractivity contribution >= 4 is 11.2 Å². The highest BCUT2D eigenvalue weighted by Crippen LogP contribution is 2.26. The lowest BCUT2D eigenvalue weighted by Crippen LogP contribution is -2.03. The van der Waals surface area contributed by atoms with Crippen LogP contribution in [0.5, 0.6) is 5.88 Å². The first-order valence-electron chi connectivity index (χ1n) is 8.49. The summed E-state index contributed by atoms with van der Waals surface area (Å²) in [7, 11) is 1.57. The van der Waals surface area contributed by atoms with E-state index in [2.05, 4.69) is 30.2 Å². The van der Waals surface area contributed by atoms with Gasteiger partial charge in [0.05, 0.1) is 12.7 Å². The van der Waals surface area contributed by atoms with Gasteiger partial charge in [-0.2, -0.15) is 4.98 Å². The Kier molecular flexibility index (Phi) is 5.49. The number of rotatable bonds is 3. The summed E-state index contributed by atoms with van der Waals surface area (Å²) in [4.78, 5) is 21.4. The second-order valence-corrected chi connectivity index (χ2v) is 5.71. The Morgan fingerprint density at radius 3 is 2.40 bits per heavy atom. The van der Waals surface area contributed by atoms with Crippen LogP contribution in [0.25, 0.3) is 22.6 Å². The molecule has 1 aliphatic heterocycles. The molecule has 0 bridgehead atoms. The van der Waals surface area contributed by atoms with Gasteiger partial charge in [-0.05, 0) is 39.8 Å². The Bertz CT molecular complexity index is 817. The molecule has 0 saturated carbocycles. The van der Waals surface area contributed by atoms with E-state index in [0.717, 1.165) is 29.4 Å². The molecule has 1 aliphatic rings. The van der Waals surface area contributed by atoms with Crippen molar-refractivity contribution in [3.05, 3.63) is 24.5 Å². The molecule has 1 N–H and O–H groups in total. The Hall–Kier alpha value is -2.61. The van der Waals surface area contributed by atoms with Gasteiger partial charge in [0.25, 0.3) is 0 Å². The van der Waals surface area contributed by atoms with Crippen LogP contribution in [0.2, 0.25) is 0 Å². The number of hydrogen-bond acceptors (Lipinski definition) is 7. The van der Waals surface area contributed by atoms with Crippen LogP contribution in [0.3, 0.4) is 0 Å². The van der Waals surface area contributed by atoms with Crippen molar-refractivity contribution in [2.45, 2.75) is 33.2 Å². The minimum absolute atomic E-state index is 0.469. The summed E-state index contributed by atoms with van der Waals surface area (Å²) in [6.45, 7) is 7.12. The monoisotopic (exact) mass is 341 g/mol. The van der Waals surface area contributed by atoms with Gasteiger partial charge in [-0.25, -0.2) is 19.9 Å². The molecule has 0 spiro atoms. The summed E-state index contributed by atoms with van der Waals surface area (Å²) < 4.78 is 7.23. The van der Waals surface area contributed by atoms with Crippen LogP contribution in [-0.2, 0) is 6.54 Å². The fourth-order valence-electron chi connectivity index (χ4n) is 2.72. The normalized spacial score (nSPS) is 13.6. The van der Waals surface area contributed by atoms with Crippen molar-refractivity contribution in [3.63, 3.8) is 0 Å². The molecule has 0 atom stereocenters. The number of aryl methyl sites for hydroxylation is 2. The number of nitrogens with one attached hydrogen (secondary N) is 1. The van der Waals surface area contributed by atoms with Gasteiger partial charge in [0.2, 0.25) is 5.88 Å². The molecular formula is C17H23N7O. The minimum Gasteiger partial charge on any atom is -0.479 e. The van der Waals surface area contributed by atoms with Gasteiger partial charge in [0, 0.05) is 18.9 Å². The molecule has 0 amide bonds. The van der Waals surface area contributed by atoms with E-state index in [1.165, 1.54) is 32.3 Å². The minimum atomic E-state index is 0.469. The Morgan fingerprint density at radius 1 is 1.12 bits per heavy atom. The van der Waals surface area contributed by atoms with Crippen LogP contribution >= 0.6 is 0 Å². The van der Waals surface area contributed by atoms with Crippen molar-refractivity contribution in [3.8, 4) is 17.3 Å². The smallest absolute Gasteiger partial charge is 0.245 e. The first kappa shape index (κ1) is 17.2. The highest BCUT2D eigenvalue weighted by molar-refractivity contribution is 5.80. The number of imidazole rings is 1. The SMILES string of the molecule is C1CCNC1.CCn1c(-c2cnc(C)nc2)nc2c(OC)ncnc21. The van der Waals surface area contributed by atoms with E-state index < -0.39 is 0 Å². The lowest BCUT2D eigenvalue weighted by Gasteiger charge is -2.04. The van der Waals surface area contributed by atoms with E-state index in [9.17, 15) is 0 Å². The van der Waals surface area contributed by atoms with Crippen LogP contribution in [0, 0.1) is 6.92 Å². The number of fused-ring (bicyclic) bond motifs is 1. The van der Waals surface area contributed by atoms with Gasteiger partial charge in [0.15, 0.2) is 11.2 Å². The summed E-state index contributed by atoms with van der Waals surface area (Å²) in [6, 6.07) is 0. The highest BCUT2D eigenvalue weighted by atomic mass is 16.5. The summed E-state index contributed by atoms with van der Waals surface area (Å²) in [5, 5.41) is 3.22. The highest BCUT2D eigenvalue weighted by Gasteiger charge is 2.17. The van der Waals surface area contributed by atoms with Gasteiger partial charge in [-0.15, -0.1) is 0 Å². The number of nitrogens with zero attached hydrogens (tertiary/aromatic N) is 6. The Morgan fingerprint density at radius 2 is 1.84 bits per heavy atom. The third-order valence-corrected chi connectivity index (χ3v) is 4.00. The predicted octanol–water partition coefficient (Wildman–Crippen LogP) is 1.99. The average Bonchev–Trinajstić information content (AvgIpc) is 3.33. The van der Waals surface area contributed by atoms with Crippen molar-refractivity contribution < 1.29 is 4.74 Å². The molecule has 8 heteroatoms. The van der Waals surface area contributed by atoms with E-state index in [1.807, 2.05) is 18.4 Å². The van der Waals surface area contributed by atoms with Crippen molar-refractivity contribution in [2.75, 3.05) is 20.2 Å². The van der Waals surface area contributed by atoms with Crippen molar-refractivity contribution in [1.29, 1.82) is 0 Å². The lowest BCUT2D eigenvalue weighted by atomic mass is 10.3. The molecule has 8 nitrogen and oxygen atoms in total. The van der Waals surface area contributed by atoms with E-state index in [1.54, 1.807) is 19.5 Å². The standard InChI is InChI=1S/C13H14N6O.C4H9N/c1-4-19-11(9-5-14-8(2)15-6-9)18-10-12(19)16-7-17-13(10)20-3;1-2-4-5-3-1/h5-7H,4H2,1-3H3;5H,1-4H2. The second-order valence-electron chi connectivity index (χ2n) is 5.71. The summed E-state index contributed by atoms with van der Waals surface area (Å²) >= 11 is 0. The third kappa shape index (κ3) is 3.74. The molecule has 4 rings (SSSR count). The molecule has 25 heavy (non-hydrogen) atoms. The summed E-state index contributed by atoms with van der Waals surface area (Å²) in [5.74, 6) is 1.96. The van der Waals surface area contributed by atoms with E-state index in [0.29, 0.717) is 11.4 Å². The zero-order valence-electron chi connectivity index (χ0n) is 14.9. The average molecular weight is 341 g/mol. The van der Waals surface area contributed by atoms with E-state index in [-0.39, 0.29) is 0 Å². The van der Waals surface area contributed by atoms with Gasteiger partial charge in [-0.3, -0.25) is 0 Å². The topological polar surface area (TPSA) is 90.6 Å². The molecular weight excluding hydrogens is 318 g/mol. The van der Waals surface area contributed by atoms with Crippen LogP contribution < -0.4 is 10.1 Å². The molecule has 1 fully saturated rings. The molecule has 0 unspecified atom stereocenters. The maximum Gasteiger partial charge on any atom is 0.245 e. The first-order chi connectivity index (χ1) is 12.2. The number of aromatic nitrogens is 6. The Balaban J connectivity index is 0.000000314. The zero-order valence-corrected chi connectivity index (χ0v) is 14.9. The van der Waals surface area contributed by atoms with Crippen LogP contribution in [0.4, 0.5) is 0 Å². The van der Waals surface area contributed by atoms with Crippen LogP contribution in [0.15, 0.2) is 18.7 Å². The maximum atomic E-state index is 5.24. The molecule has 4 heterocycles. The third-order valence-electron chi connectivity index (χ3n) is 4.00. The fraction of sp³-hybridized carbons (Fsp3) is 0.471. The van der Waals surface area contributed by atoms with Gasteiger partial charge in [0.1, 0.15) is 18.0 Å². The molecule has 3 aromatic rings. The molecule has 132 valence electrons. The number of methoxy groups -OCH3 is 1. The lowest BCUT2D eigenvalue weighted by molar-refractivity contribution is 0.401. The predicted molar refractivity (Wildman–Crippen MR) is 95.4 cm³/mol. The van der Waals surface area contributed by atoms with Crippen molar-refractivity contribution in [2.24, 2.45) is 0 Å². The molecule has 0 aliphatic carbocycles. The van der Waals surface area contributed by atoms with Crippen LogP contribution in [-0.4, -0.2) is 49.7 Å². The fourth-order valence-corrected chi connectivity index (χ4v) is 2.72. The second kappa shape index (κ2) is 7.98. The van der Waals surface area contributed by atoms with Gasteiger partial charge >= 0.3 is 0 Å². The van der Waals surface area contributed by atoms with E-state index >= 15 is 0 Å². The first-order valence-corrected chi connectivity index (χ1v) is 8.49. The molecule has 0 aromatic carbocycles. The molecule has 0 radical (unpaired) electrons. The van der Waals surface area contributed by atoms with Crippen LogP contribution in [0.1, 0.15) is 25.6 Å². The van der Waals surface area contributed by atoms with Gasteiger partial charge in [-0.1, -0.05) is 0 Å². The zero-order chi connectivity index (χ0) is 17.6. The molecule has 3 aromatic heterocycles. The largest absolute Gasteiger partial charge is 0.479 e. The van der Waals surface area contributed by atoms with E-state index in [4.69, 9.17) is 4.74 Å².